The predicted octanol–water partition coefficient (Wildman–Crippen LogP) is 3.35. The molecule has 6 nitrogen and oxygen atoms in total. The van der Waals surface area contributed by atoms with E-state index in [9.17, 15) is 14.9 Å². The number of nitrogens with zero attached hydrogens (tertiary/aromatic N) is 2. The zero-order chi connectivity index (χ0) is 16.8. The summed E-state index contributed by atoms with van der Waals surface area (Å²) in [5.41, 5.74) is 1.08. The molecule has 0 atom stereocenters. The zero-order valence-electron chi connectivity index (χ0n) is 13.9. The number of hydrogen-bond acceptors (Lipinski definition) is 4. The first-order valence-electron chi connectivity index (χ1n) is 8.19. The molecular weight excluding hydrogens is 294 g/mol. The van der Waals surface area contributed by atoms with Crippen molar-refractivity contribution in [1.82, 2.24) is 4.90 Å². The molecule has 6 heteroatoms. The van der Waals surface area contributed by atoms with Crippen LogP contribution in [0.3, 0.4) is 0 Å². The molecule has 0 bridgehead atoms. The SMILES string of the molecule is Cc1ccc(NC(=O)CN(C)CC2CCCCC2)cc1[N+](=O)[O-]. The lowest BCUT2D eigenvalue weighted by molar-refractivity contribution is -0.385. The van der Waals surface area contributed by atoms with E-state index >= 15 is 0 Å². The standard InChI is InChI=1S/C17H25N3O3/c1-13-8-9-15(10-16(13)20(22)23)18-17(21)12-19(2)11-14-6-4-3-5-7-14/h8-10,14H,3-7,11-12H2,1-2H3,(H,18,21). The highest BCUT2D eigenvalue weighted by Gasteiger charge is 2.17. The lowest BCUT2D eigenvalue weighted by Gasteiger charge is -2.26. The third-order valence-corrected chi connectivity index (χ3v) is 4.40. The predicted molar refractivity (Wildman–Crippen MR) is 90.5 cm³/mol. The lowest BCUT2D eigenvalue weighted by Crippen LogP contribution is -2.34. The second kappa shape index (κ2) is 8.06. The van der Waals surface area contributed by atoms with Gasteiger partial charge in [-0.1, -0.05) is 25.3 Å². The van der Waals surface area contributed by atoms with Crippen molar-refractivity contribution < 1.29 is 9.72 Å². The van der Waals surface area contributed by atoms with Crippen LogP contribution in [0.15, 0.2) is 18.2 Å². The summed E-state index contributed by atoms with van der Waals surface area (Å²) in [6.07, 6.45) is 6.40. The fourth-order valence-electron chi connectivity index (χ4n) is 3.20. The van der Waals surface area contributed by atoms with Gasteiger partial charge in [0.15, 0.2) is 0 Å². The minimum Gasteiger partial charge on any atom is -0.325 e. The number of nitro groups is 1. The van der Waals surface area contributed by atoms with Crippen molar-refractivity contribution in [3.05, 3.63) is 33.9 Å². The number of rotatable bonds is 6. The van der Waals surface area contributed by atoms with E-state index in [1.165, 1.54) is 38.2 Å². The third kappa shape index (κ3) is 5.32. The summed E-state index contributed by atoms with van der Waals surface area (Å²) in [6, 6.07) is 4.76. The zero-order valence-corrected chi connectivity index (χ0v) is 13.9. The molecule has 126 valence electrons. The van der Waals surface area contributed by atoms with Gasteiger partial charge in [-0.25, -0.2) is 0 Å². The van der Waals surface area contributed by atoms with Gasteiger partial charge in [-0.15, -0.1) is 0 Å². The average molecular weight is 319 g/mol. The van der Waals surface area contributed by atoms with E-state index in [0.717, 1.165) is 6.54 Å². The van der Waals surface area contributed by atoms with Crippen LogP contribution in [0.5, 0.6) is 0 Å². The summed E-state index contributed by atoms with van der Waals surface area (Å²) in [6.45, 7) is 2.92. The van der Waals surface area contributed by atoms with Crippen molar-refractivity contribution in [3.63, 3.8) is 0 Å². The molecule has 0 heterocycles. The Hall–Kier alpha value is -1.95. The molecule has 23 heavy (non-hydrogen) atoms. The molecule has 0 unspecified atom stereocenters. The summed E-state index contributed by atoms with van der Waals surface area (Å²) in [7, 11) is 1.95. The second-order valence-electron chi connectivity index (χ2n) is 6.51. The average Bonchev–Trinajstić information content (AvgIpc) is 2.49. The van der Waals surface area contributed by atoms with Gasteiger partial charge in [0, 0.05) is 23.9 Å². The first-order valence-corrected chi connectivity index (χ1v) is 8.19. The third-order valence-electron chi connectivity index (χ3n) is 4.40. The molecule has 2 rings (SSSR count). The highest BCUT2D eigenvalue weighted by atomic mass is 16.6. The smallest absolute Gasteiger partial charge is 0.274 e. The second-order valence-corrected chi connectivity index (χ2v) is 6.51. The topological polar surface area (TPSA) is 75.5 Å². The molecule has 0 saturated heterocycles. The molecule has 1 N–H and O–H groups in total. The van der Waals surface area contributed by atoms with Crippen LogP contribution < -0.4 is 5.32 Å². The van der Waals surface area contributed by atoms with Crippen LogP contribution in [0.2, 0.25) is 0 Å². The van der Waals surface area contributed by atoms with Gasteiger partial charge in [0.1, 0.15) is 0 Å². The van der Waals surface area contributed by atoms with E-state index in [1.54, 1.807) is 19.1 Å². The van der Waals surface area contributed by atoms with Crippen molar-refractivity contribution >= 4 is 17.3 Å². The molecule has 0 aromatic heterocycles. The fraction of sp³-hybridized carbons (Fsp3) is 0.588. The van der Waals surface area contributed by atoms with Gasteiger partial charge in [-0.05, 0) is 38.8 Å². The summed E-state index contributed by atoms with van der Waals surface area (Å²) in [4.78, 5) is 24.7. The van der Waals surface area contributed by atoms with Gasteiger partial charge in [0.2, 0.25) is 5.91 Å². The lowest BCUT2D eigenvalue weighted by atomic mass is 9.89. The Morgan fingerprint density at radius 1 is 1.35 bits per heavy atom. The summed E-state index contributed by atoms with van der Waals surface area (Å²) in [5, 5.41) is 13.7. The summed E-state index contributed by atoms with van der Waals surface area (Å²) < 4.78 is 0. The van der Waals surface area contributed by atoms with Crippen LogP contribution >= 0.6 is 0 Å². The minimum atomic E-state index is -0.430. The Kier molecular flexibility index (Phi) is 6.10. The molecule has 0 spiro atoms. The van der Waals surface area contributed by atoms with Gasteiger partial charge in [0.25, 0.3) is 5.69 Å². The van der Waals surface area contributed by atoms with E-state index in [1.807, 2.05) is 11.9 Å². The van der Waals surface area contributed by atoms with Crippen molar-refractivity contribution in [3.8, 4) is 0 Å². The van der Waals surface area contributed by atoms with Crippen LogP contribution in [-0.2, 0) is 4.79 Å². The maximum absolute atomic E-state index is 12.1. The number of nitrogens with one attached hydrogen (secondary N) is 1. The Balaban J connectivity index is 1.86. The molecule has 1 fully saturated rings. The van der Waals surface area contributed by atoms with Gasteiger partial charge in [-0.3, -0.25) is 19.8 Å². The molecule has 1 aromatic rings. The van der Waals surface area contributed by atoms with Gasteiger partial charge in [0.05, 0.1) is 11.5 Å². The maximum Gasteiger partial charge on any atom is 0.274 e. The van der Waals surface area contributed by atoms with E-state index < -0.39 is 4.92 Å². The highest BCUT2D eigenvalue weighted by Crippen LogP contribution is 2.24. The number of nitro benzene ring substituents is 1. The fourth-order valence-corrected chi connectivity index (χ4v) is 3.20. The summed E-state index contributed by atoms with van der Waals surface area (Å²) >= 11 is 0. The quantitative estimate of drug-likeness (QED) is 0.644. The van der Waals surface area contributed by atoms with E-state index in [0.29, 0.717) is 23.7 Å². The number of amides is 1. The van der Waals surface area contributed by atoms with Crippen LogP contribution in [-0.4, -0.2) is 35.9 Å². The Morgan fingerprint density at radius 2 is 2.04 bits per heavy atom. The van der Waals surface area contributed by atoms with E-state index in [2.05, 4.69) is 5.32 Å². The molecule has 0 aliphatic heterocycles. The molecule has 1 amide bonds. The van der Waals surface area contributed by atoms with Gasteiger partial charge in [-0.2, -0.15) is 0 Å². The van der Waals surface area contributed by atoms with Crippen molar-refractivity contribution in [2.75, 3.05) is 25.5 Å². The highest BCUT2D eigenvalue weighted by molar-refractivity contribution is 5.92. The number of hydrogen-bond donors (Lipinski definition) is 1. The summed E-state index contributed by atoms with van der Waals surface area (Å²) in [5.74, 6) is 0.545. The molecular formula is C17H25N3O3. The molecule has 1 aromatic carbocycles. The molecule has 1 aliphatic carbocycles. The normalized spacial score (nSPS) is 15.6. The number of likely N-dealkylation sites (N-methyl/N-ethyl adjacent to an activating group) is 1. The van der Waals surface area contributed by atoms with Gasteiger partial charge >= 0.3 is 0 Å². The minimum absolute atomic E-state index is 0.0263. The Bertz CT molecular complexity index is 568. The van der Waals surface area contributed by atoms with Crippen molar-refractivity contribution in [1.29, 1.82) is 0 Å². The number of carbonyl (C=O) groups excluding carboxylic acids is 1. The maximum atomic E-state index is 12.1. The van der Waals surface area contributed by atoms with Crippen LogP contribution in [0.4, 0.5) is 11.4 Å². The number of benzene rings is 1. The molecule has 0 radical (unpaired) electrons. The first kappa shape index (κ1) is 17.4. The van der Waals surface area contributed by atoms with Crippen LogP contribution in [0, 0.1) is 23.0 Å². The Labute approximate surface area is 137 Å². The van der Waals surface area contributed by atoms with Crippen molar-refractivity contribution in [2.24, 2.45) is 5.92 Å². The number of carbonyl (C=O) groups is 1. The largest absolute Gasteiger partial charge is 0.325 e. The van der Waals surface area contributed by atoms with Crippen molar-refractivity contribution in [2.45, 2.75) is 39.0 Å². The molecule has 1 aliphatic rings. The van der Waals surface area contributed by atoms with E-state index in [4.69, 9.17) is 0 Å². The Morgan fingerprint density at radius 3 is 2.70 bits per heavy atom. The first-order chi connectivity index (χ1) is 11.0. The number of anilines is 1. The monoisotopic (exact) mass is 319 g/mol. The van der Waals surface area contributed by atoms with Crippen LogP contribution in [0.1, 0.15) is 37.7 Å². The van der Waals surface area contributed by atoms with E-state index in [-0.39, 0.29) is 11.6 Å². The number of aryl methyl sites for hydroxylation is 1. The molecule has 1 saturated carbocycles. The van der Waals surface area contributed by atoms with Gasteiger partial charge < -0.3 is 5.32 Å². The van der Waals surface area contributed by atoms with Crippen LogP contribution in [0.25, 0.3) is 0 Å².